The lowest BCUT2D eigenvalue weighted by Gasteiger charge is -2.06. The molecule has 0 aromatic heterocycles. The Hall–Kier alpha value is 0.170. The van der Waals surface area contributed by atoms with Crippen LogP contribution in [0.2, 0.25) is 0 Å². The van der Waals surface area contributed by atoms with E-state index in [2.05, 4.69) is 12.6 Å². The first-order chi connectivity index (χ1) is 4.04. The smallest absolute Gasteiger partial charge is 0.316 e. The van der Waals surface area contributed by atoms with Crippen molar-refractivity contribution in [1.29, 1.82) is 0 Å². The van der Waals surface area contributed by atoms with Crippen molar-refractivity contribution in [2.24, 2.45) is 0 Å². The zero-order valence-corrected chi connectivity index (χ0v) is 7.08. The van der Waals surface area contributed by atoms with Crippen LogP contribution in [0.3, 0.4) is 0 Å². The average molecular weight is 166 g/mol. The molecule has 2 unspecified atom stereocenters. The van der Waals surface area contributed by atoms with E-state index >= 15 is 0 Å². The first-order valence-electron chi connectivity index (χ1n) is 2.60. The largest absolute Gasteiger partial charge is 0.480 e. The third-order valence-electron chi connectivity index (χ3n) is 0.749. The maximum Gasteiger partial charge on any atom is 0.316 e. The van der Waals surface area contributed by atoms with Crippen LogP contribution >= 0.6 is 24.4 Å². The summed E-state index contributed by atoms with van der Waals surface area (Å²) < 4.78 is 0.0936. The zero-order valence-electron chi connectivity index (χ0n) is 5.37. The van der Waals surface area contributed by atoms with Gasteiger partial charge in [0.05, 0.1) is 0 Å². The second-order valence-corrected chi connectivity index (χ2v) is 4.53. The van der Waals surface area contributed by atoms with Crippen molar-refractivity contribution in [3.8, 4) is 0 Å². The summed E-state index contributed by atoms with van der Waals surface area (Å²) in [4.78, 5) is 10.2. The Labute approximate surface area is 64.4 Å². The summed E-state index contributed by atoms with van der Waals surface area (Å²) in [5, 5.41) is 8.03. The van der Waals surface area contributed by atoms with Crippen molar-refractivity contribution in [1.82, 2.24) is 0 Å². The van der Waals surface area contributed by atoms with E-state index in [9.17, 15) is 4.79 Å². The molecule has 0 radical (unpaired) electrons. The third-order valence-corrected chi connectivity index (χ3v) is 2.12. The minimum Gasteiger partial charge on any atom is -0.480 e. The Morgan fingerprint density at radius 3 is 2.22 bits per heavy atom. The lowest BCUT2D eigenvalue weighted by atomic mass is 10.5. The van der Waals surface area contributed by atoms with Gasteiger partial charge in [-0.25, -0.2) is 0 Å². The van der Waals surface area contributed by atoms with E-state index in [0.29, 0.717) is 0 Å². The van der Waals surface area contributed by atoms with Gasteiger partial charge in [-0.3, -0.25) is 4.79 Å². The van der Waals surface area contributed by atoms with Crippen molar-refractivity contribution in [3.05, 3.63) is 0 Å². The molecule has 1 N–H and O–H groups in total. The van der Waals surface area contributed by atoms with Gasteiger partial charge in [0, 0.05) is 4.58 Å². The highest BCUT2D eigenvalue weighted by Gasteiger charge is 2.12. The van der Waals surface area contributed by atoms with Gasteiger partial charge in [-0.1, -0.05) is 0 Å². The number of aliphatic carboxylic acids is 1. The fraction of sp³-hybridized carbons (Fsp3) is 0.800. The predicted molar refractivity (Wildman–Crippen MR) is 43.1 cm³/mol. The molecule has 0 aliphatic carbocycles. The molecule has 0 amide bonds. The molecule has 0 aliphatic heterocycles. The first-order valence-corrected chi connectivity index (χ1v) is 4.06. The molecular weight excluding hydrogens is 156 g/mol. The van der Waals surface area contributed by atoms with Crippen LogP contribution in [0.15, 0.2) is 0 Å². The minimum absolute atomic E-state index is 0.0936. The number of carboxylic acid groups (broad SMARTS) is 1. The van der Waals surface area contributed by atoms with Crippen molar-refractivity contribution in [2.45, 2.75) is 23.7 Å². The molecule has 0 aliphatic rings. The van der Waals surface area contributed by atoms with Crippen LogP contribution in [0.1, 0.15) is 13.8 Å². The van der Waals surface area contributed by atoms with Crippen LogP contribution in [0.5, 0.6) is 0 Å². The Kier molecular flexibility index (Phi) is 4.14. The van der Waals surface area contributed by atoms with E-state index in [1.807, 2.05) is 6.92 Å². The zero-order chi connectivity index (χ0) is 7.44. The number of thiol groups is 1. The summed E-state index contributed by atoms with van der Waals surface area (Å²) in [6, 6.07) is 0. The highest BCUT2D eigenvalue weighted by Crippen LogP contribution is 2.19. The van der Waals surface area contributed by atoms with Crippen molar-refractivity contribution in [3.63, 3.8) is 0 Å². The van der Waals surface area contributed by atoms with Crippen LogP contribution in [0.4, 0.5) is 0 Å². The Morgan fingerprint density at radius 2 is 2.11 bits per heavy atom. The number of thioether (sulfide) groups is 1. The quantitative estimate of drug-likeness (QED) is 0.492. The highest BCUT2D eigenvalue weighted by molar-refractivity contribution is 8.11. The molecule has 0 saturated heterocycles. The molecule has 0 fully saturated rings. The number of rotatable bonds is 3. The van der Waals surface area contributed by atoms with E-state index < -0.39 is 5.97 Å². The number of carboxylic acids is 1. The van der Waals surface area contributed by atoms with Crippen molar-refractivity contribution >= 4 is 30.4 Å². The summed E-state index contributed by atoms with van der Waals surface area (Å²) in [7, 11) is 0. The number of carbonyl (C=O) groups is 1. The molecule has 0 aromatic rings. The van der Waals surface area contributed by atoms with Gasteiger partial charge in [0.2, 0.25) is 0 Å². The van der Waals surface area contributed by atoms with Crippen LogP contribution in [-0.4, -0.2) is 20.9 Å². The number of hydrogen-bond acceptors (Lipinski definition) is 3. The lowest BCUT2D eigenvalue weighted by Crippen LogP contribution is -2.13. The van der Waals surface area contributed by atoms with E-state index in [1.54, 1.807) is 6.92 Å². The van der Waals surface area contributed by atoms with Gasteiger partial charge >= 0.3 is 5.97 Å². The third kappa shape index (κ3) is 4.66. The normalized spacial score (nSPS) is 16.8. The average Bonchev–Trinajstić information content (AvgIpc) is 1.63. The summed E-state index contributed by atoms with van der Waals surface area (Å²) in [5.41, 5.74) is 0. The fourth-order valence-corrected chi connectivity index (χ4v) is 1.61. The Balaban J connectivity index is 3.50. The molecule has 2 atom stereocenters. The minimum atomic E-state index is -0.777. The Bertz CT molecular complexity index is 103. The molecule has 0 aromatic carbocycles. The second kappa shape index (κ2) is 4.06. The van der Waals surface area contributed by atoms with Crippen LogP contribution in [-0.2, 0) is 4.79 Å². The fourth-order valence-electron chi connectivity index (χ4n) is 0.354. The van der Waals surface area contributed by atoms with Crippen LogP contribution in [0, 0.1) is 0 Å². The summed E-state index contributed by atoms with van der Waals surface area (Å²) in [6.07, 6.45) is 0. The molecule has 0 bridgehead atoms. The first kappa shape index (κ1) is 9.17. The SMILES string of the molecule is CC(S)SC(C)C(=O)O. The van der Waals surface area contributed by atoms with E-state index in [-0.39, 0.29) is 9.83 Å². The van der Waals surface area contributed by atoms with E-state index in [1.165, 1.54) is 11.8 Å². The van der Waals surface area contributed by atoms with Gasteiger partial charge in [-0.15, -0.1) is 11.8 Å². The molecular formula is C5H10O2S2. The molecule has 54 valence electrons. The van der Waals surface area contributed by atoms with Crippen LogP contribution in [0.25, 0.3) is 0 Å². The Morgan fingerprint density at radius 1 is 1.67 bits per heavy atom. The lowest BCUT2D eigenvalue weighted by molar-refractivity contribution is -0.136. The van der Waals surface area contributed by atoms with E-state index in [0.717, 1.165) is 0 Å². The second-order valence-electron chi connectivity index (χ2n) is 1.72. The molecule has 0 saturated carbocycles. The topological polar surface area (TPSA) is 37.3 Å². The monoisotopic (exact) mass is 166 g/mol. The van der Waals surface area contributed by atoms with Gasteiger partial charge in [-0.05, 0) is 13.8 Å². The summed E-state index contributed by atoms with van der Waals surface area (Å²) >= 11 is 5.36. The van der Waals surface area contributed by atoms with Crippen molar-refractivity contribution in [2.75, 3.05) is 0 Å². The van der Waals surface area contributed by atoms with Gasteiger partial charge in [-0.2, -0.15) is 12.6 Å². The maximum atomic E-state index is 10.2. The van der Waals surface area contributed by atoms with E-state index in [4.69, 9.17) is 5.11 Å². The van der Waals surface area contributed by atoms with Gasteiger partial charge in [0.1, 0.15) is 5.25 Å². The highest BCUT2D eigenvalue weighted by atomic mass is 32.2. The molecule has 4 heteroatoms. The van der Waals surface area contributed by atoms with Gasteiger partial charge in [0.25, 0.3) is 0 Å². The maximum absolute atomic E-state index is 10.2. The molecule has 0 spiro atoms. The molecule has 9 heavy (non-hydrogen) atoms. The number of hydrogen-bond donors (Lipinski definition) is 2. The molecule has 0 heterocycles. The standard InChI is InChI=1S/C5H10O2S2/c1-3(5(6)7)9-4(2)8/h3-4,8H,1-2H3,(H,6,7). The van der Waals surface area contributed by atoms with Gasteiger partial charge in [0.15, 0.2) is 0 Å². The van der Waals surface area contributed by atoms with Crippen LogP contribution < -0.4 is 0 Å². The van der Waals surface area contributed by atoms with Crippen molar-refractivity contribution < 1.29 is 9.90 Å². The molecule has 2 nitrogen and oxygen atoms in total. The summed E-state index contributed by atoms with van der Waals surface area (Å²) in [6.45, 7) is 3.51. The molecule has 0 rings (SSSR count). The van der Waals surface area contributed by atoms with Gasteiger partial charge < -0.3 is 5.11 Å². The summed E-state index contributed by atoms with van der Waals surface area (Å²) in [5.74, 6) is -0.777. The predicted octanol–water partition coefficient (Wildman–Crippen LogP) is 1.47.